The summed E-state index contributed by atoms with van der Waals surface area (Å²) in [5.74, 6) is -0.392. The molecular weight excluding hydrogens is 281 g/mol. The Labute approximate surface area is 121 Å². The topological polar surface area (TPSA) is 57.6 Å². The van der Waals surface area contributed by atoms with E-state index in [0.29, 0.717) is 5.56 Å². The van der Waals surface area contributed by atoms with E-state index in [1.54, 1.807) is 6.92 Å². The molecule has 0 saturated heterocycles. The number of aliphatic hydroxyl groups excluding tert-OH is 1. The molecule has 0 amide bonds. The van der Waals surface area contributed by atoms with Crippen molar-refractivity contribution in [2.45, 2.75) is 33.3 Å². The summed E-state index contributed by atoms with van der Waals surface area (Å²) < 4.78 is 36.5. The standard InChI is InChI=1S/C11H16FNO3S.C3H8/c1-3-13(17(2,15)16)8-11(14)9-4-6-10(12)7-5-9;1-3-2/h4-7,11,14H,3,8H2,1-2H3;3H2,1-2H3. The lowest BCUT2D eigenvalue weighted by atomic mass is 10.1. The molecule has 4 nitrogen and oxygen atoms in total. The molecule has 0 aromatic heterocycles. The monoisotopic (exact) mass is 305 g/mol. The molecule has 0 fully saturated rings. The number of benzene rings is 1. The van der Waals surface area contributed by atoms with E-state index >= 15 is 0 Å². The van der Waals surface area contributed by atoms with Crippen LogP contribution >= 0.6 is 0 Å². The fraction of sp³-hybridized carbons (Fsp3) is 0.571. The second-order valence-corrected chi connectivity index (χ2v) is 6.47. The zero-order chi connectivity index (χ0) is 15.8. The van der Waals surface area contributed by atoms with Crippen molar-refractivity contribution in [2.24, 2.45) is 0 Å². The van der Waals surface area contributed by atoms with Crippen LogP contribution < -0.4 is 0 Å². The molecule has 1 atom stereocenters. The summed E-state index contributed by atoms with van der Waals surface area (Å²) >= 11 is 0. The first-order chi connectivity index (χ1) is 9.26. The molecule has 0 aliphatic carbocycles. The highest BCUT2D eigenvalue weighted by Gasteiger charge is 2.19. The second-order valence-electron chi connectivity index (χ2n) is 4.49. The van der Waals surface area contributed by atoms with E-state index in [9.17, 15) is 17.9 Å². The van der Waals surface area contributed by atoms with Gasteiger partial charge in [-0.05, 0) is 17.7 Å². The van der Waals surface area contributed by atoms with Crippen LogP contribution in [0.3, 0.4) is 0 Å². The van der Waals surface area contributed by atoms with Crippen molar-refractivity contribution in [1.29, 1.82) is 0 Å². The number of likely N-dealkylation sites (N-methyl/N-ethyl adjacent to an activating group) is 1. The van der Waals surface area contributed by atoms with Gasteiger partial charge in [0.2, 0.25) is 10.0 Å². The fourth-order valence-electron chi connectivity index (χ4n) is 1.48. The smallest absolute Gasteiger partial charge is 0.211 e. The molecule has 0 aliphatic rings. The van der Waals surface area contributed by atoms with Gasteiger partial charge < -0.3 is 5.11 Å². The molecule has 1 unspecified atom stereocenters. The van der Waals surface area contributed by atoms with E-state index in [-0.39, 0.29) is 13.1 Å². The maximum Gasteiger partial charge on any atom is 0.211 e. The van der Waals surface area contributed by atoms with Crippen molar-refractivity contribution in [1.82, 2.24) is 4.31 Å². The highest BCUT2D eigenvalue weighted by molar-refractivity contribution is 7.88. The molecular formula is C14H24FNO3S. The summed E-state index contributed by atoms with van der Waals surface area (Å²) in [6.07, 6.45) is 1.39. The number of sulfonamides is 1. The van der Waals surface area contributed by atoms with Crippen LogP contribution in [0.4, 0.5) is 4.39 Å². The average Bonchev–Trinajstić information content (AvgIpc) is 2.36. The maximum absolute atomic E-state index is 12.7. The van der Waals surface area contributed by atoms with Gasteiger partial charge in [0.25, 0.3) is 0 Å². The quantitative estimate of drug-likeness (QED) is 0.909. The normalized spacial score (nSPS) is 12.8. The lowest BCUT2D eigenvalue weighted by Gasteiger charge is -2.21. The van der Waals surface area contributed by atoms with Crippen LogP contribution in [0.1, 0.15) is 38.9 Å². The number of rotatable bonds is 5. The zero-order valence-corrected chi connectivity index (χ0v) is 13.3. The lowest BCUT2D eigenvalue weighted by Crippen LogP contribution is -2.33. The first-order valence-corrected chi connectivity index (χ1v) is 8.49. The minimum Gasteiger partial charge on any atom is -0.387 e. The average molecular weight is 305 g/mol. The molecule has 1 rings (SSSR count). The Morgan fingerprint density at radius 1 is 1.20 bits per heavy atom. The molecule has 1 aromatic carbocycles. The SMILES string of the molecule is CCC.CCN(CC(O)c1ccc(F)cc1)S(C)(=O)=O. The van der Waals surface area contributed by atoms with E-state index in [0.717, 1.165) is 6.26 Å². The number of hydrogen-bond donors (Lipinski definition) is 1. The van der Waals surface area contributed by atoms with Gasteiger partial charge in [0.05, 0.1) is 12.4 Å². The molecule has 20 heavy (non-hydrogen) atoms. The van der Waals surface area contributed by atoms with Crippen LogP contribution in [-0.4, -0.2) is 37.2 Å². The molecule has 6 heteroatoms. The number of halogens is 1. The van der Waals surface area contributed by atoms with Crippen molar-refractivity contribution in [3.05, 3.63) is 35.6 Å². The van der Waals surface area contributed by atoms with Crippen LogP contribution in [-0.2, 0) is 10.0 Å². The van der Waals surface area contributed by atoms with Crippen molar-refractivity contribution in [3.63, 3.8) is 0 Å². The van der Waals surface area contributed by atoms with Gasteiger partial charge in [-0.2, -0.15) is 4.31 Å². The van der Waals surface area contributed by atoms with Gasteiger partial charge in [-0.25, -0.2) is 12.8 Å². The van der Waals surface area contributed by atoms with Crippen molar-refractivity contribution < 1.29 is 17.9 Å². The third-order valence-corrected chi connectivity index (χ3v) is 3.80. The molecule has 116 valence electrons. The Balaban J connectivity index is 0.00000110. The van der Waals surface area contributed by atoms with E-state index in [1.165, 1.54) is 35.0 Å². The number of nitrogens with zero attached hydrogens (tertiary/aromatic N) is 1. The van der Waals surface area contributed by atoms with Gasteiger partial charge in [0.1, 0.15) is 5.82 Å². The van der Waals surface area contributed by atoms with E-state index in [1.807, 2.05) is 0 Å². The first kappa shape index (κ1) is 19.0. The van der Waals surface area contributed by atoms with Gasteiger partial charge in [-0.1, -0.05) is 39.3 Å². The lowest BCUT2D eigenvalue weighted by molar-refractivity contribution is 0.149. The summed E-state index contributed by atoms with van der Waals surface area (Å²) in [7, 11) is -3.33. The summed E-state index contributed by atoms with van der Waals surface area (Å²) in [6, 6.07) is 5.34. The van der Waals surface area contributed by atoms with Crippen LogP contribution in [0.5, 0.6) is 0 Å². The highest BCUT2D eigenvalue weighted by Crippen LogP contribution is 2.16. The van der Waals surface area contributed by atoms with Crippen LogP contribution in [0, 0.1) is 5.82 Å². The van der Waals surface area contributed by atoms with Gasteiger partial charge >= 0.3 is 0 Å². The number of hydrogen-bond acceptors (Lipinski definition) is 3. The van der Waals surface area contributed by atoms with Gasteiger partial charge in [0, 0.05) is 13.1 Å². The first-order valence-electron chi connectivity index (χ1n) is 6.64. The molecule has 1 aromatic rings. The Kier molecular flexibility index (Phi) is 8.60. The summed E-state index contributed by atoms with van der Waals surface area (Å²) in [5, 5.41) is 9.85. The third kappa shape index (κ3) is 6.98. The Bertz CT molecular complexity index is 474. The molecule has 0 spiro atoms. The minimum atomic E-state index is -3.33. The Hall–Kier alpha value is -0.980. The van der Waals surface area contributed by atoms with Crippen LogP contribution in [0.25, 0.3) is 0 Å². The van der Waals surface area contributed by atoms with E-state index < -0.39 is 21.9 Å². The summed E-state index contributed by atoms with van der Waals surface area (Å²) in [5.41, 5.74) is 0.494. The van der Waals surface area contributed by atoms with Gasteiger partial charge in [-0.15, -0.1) is 0 Å². The summed E-state index contributed by atoms with van der Waals surface area (Å²) in [4.78, 5) is 0. The highest BCUT2D eigenvalue weighted by atomic mass is 32.2. The molecule has 0 bridgehead atoms. The predicted molar refractivity (Wildman–Crippen MR) is 79.4 cm³/mol. The van der Waals surface area contributed by atoms with Gasteiger partial charge in [0.15, 0.2) is 0 Å². The third-order valence-electron chi connectivity index (χ3n) is 2.45. The van der Waals surface area contributed by atoms with Crippen molar-refractivity contribution in [2.75, 3.05) is 19.3 Å². The second kappa shape index (κ2) is 9.05. The molecule has 0 saturated carbocycles. The fourth-order valence-corrected chi connectivity index (χ4v) is 2.36. The van der Waals surface area contributed by atoms with E-state index in [2.05, 4.69) is 13.8 Å². The van der Waals surface area contributed by atoms with Crippen molar-refractivity contribution >= 4 is 10.0 Å². The molecule has 1 N–H and O–H groups in total. The van der Waals surface area contributed by atoms with Gasteiger partial charge in [-0.3, -0.25) is 0 Å². The van der Waals surface area contributed by atoms with Crippen molar-refractivity contribution in [3.8, 4) is 0 Å². The van der Waals surface area contributed by atoms with Crippen LogP contribution in [0.15, 0.2) is 24.3 Å². The maximum atomic E-state index is 12.7. The Morgan fingerprint density at radius 3 is 2.00 bits per heavy atom. The number of aliphatic hydroxyl groups is 1. The summed E-state index contributed by atoms with van der Waals surface area (Å²) in [6.45, 7) is 6.20. The molecule has 0 heterocycles. The molecule has 0 radical (unpaired) electrons. The zero-order valence-electron chi connectivity index (χ0n) is 12.5. The van der Waals surface area contributed by atoms with Crippen LogP contribution in [0.2, 0.25) is 0 Å². The Morgan fingerprint density at radius 2 is 1.65 bits per heavy atom. The minimum absolute atomic E-state index is 0.0268. The van der Waals surface area contributed by atoms with E-state index in [4.69, 9.17) is 0 Å². The molecule has 0 aliphatic heterocycles. The predicted octanol–water partition coefficient (Wildman–Crippen LogP) is 2.56. The largest absolute Gasteiger partial charge is 0.387 e.